The summed E-state index contributed by atoms with van der Waals surface area (Å²) in [4.78, 5) is 24.8. The molecule has 0 saturated heterocycles. The van der Waals surface area contributed by atoms with Crippen molar-refractivity contribution in [3.05, 3.63) is 63.7 Å². The minimum absolute atomic E-state index is 0.0304. The van der Waals surface area contributed by atoms with Crippen molar-refractivity contribution in [2.24, 2.45) is 0 Å². The molecule has 33 heavy (non-hydrogen) atoms. The van der Waals surface area contributed by atoms with Gasteiger partial charge in [0, 0.05) is 22.1 Å². The third-order valence-electron chi connectivity index (χ3n) is 4.75. The van der Waals surface area contributed by atoms with E-state index in [1.165, 1.54) is 6.07 Å². The minimum atomic E-state index is -1.40. The number of hydrogen-bond donors (Lipinski definition) is 2. The van der Waals surface area contributed by atoms with Gasteiger partial charge in [-0.2, -0.15) is 0 Å². The van der Waals surface area contributed by atoms with Gasteiger partial charge < -0.3 is 14.6 Å². The Morgan fingerprint density at radius 1 is 0.879 bits per heavy atom. The van der Waals surface area contributed by atoms with Crippen LogP contribution in [0.2, 0.25) is 25.1 Å². The lowest BCUT2D eigenvalue weighted by Crippen LogP contribution is -2.10. The highest BCUT2D eigenvalue weighted by molar-refractivity contribution is 14.1. The molecule has 1 aliphatic carbocycles. The van der Waals surface area contributed by atoms with Gasteiger partial charge >= 0.3 is 5.97 Å². The van der Waals surface area contributed by atoms with Crippen LogP contribution in [0.5, 0.6) is 5.75 Å². The van der Waals surface area contributed by atoms with E-state index < -0.39 is 11.4 Å². The number of aromatic hydroxyl groups is 1. The summed E-state index contributed by atoms with van der Waals surface area (Å²) < 4.78 is 7.01. The van der Waals surface area contributed by atoms with Crippen LogP contribution in [0.3, 0.4) is 0 Å². The van der Waals surface area contributed by atoms with Crippen molar-refractivity contribution in [1.29, 1.82) is 0 Å². The van der Waals surface area contributed by atoms with Gasteiger partial charge in [0.05, 0.1) is 37.8 Å². The van der Waals surface area contributed by atoms with Crippen molar-refractivity contribution in [3.63, 3.8) is 0 Å². The summed E-state index contributed by atoms with van der Waals surface area (Å²) in [6.07, 6.45) is 0. The maximum Gasteiger partial charge on any atom is 0.337 e. The number of phenols is 1. The van der Waals surface area contributed by atoms with Gasteiger partial charge in [-0.3, -0.25) is 4.79 Å². The number of aromatic carboxylic acids is 1. The molecule has 0 radical (unpaired) electrons. The molecule has 2 aromatic rings. The second-order valence-corrected chi connectivity index (χ2v) is 11.8. The standard InChI is InChI=1S/C20H4Cl5I3O5/c21-5-1-3-7(8-9(20(31)32)11(23)13(25)12(24)10(8)22)4-2-6(26)17(30)15(28)19(4)33-18(3)14(27)16(5)29/h1-2,30H,(H,31,32). The smallest absolute Gasteiger partial charge is 0.337 e. The third-order valence-corrected chi connectivity index (χ3v) is 9.64. The van der Waals surface area contributed by atoms with Crippen molar-refractivity contribution < 1.29 is 19.4 Å². The Labute approximate surface area is 251 Å². The molecule has 4 rings (SSSR count). The lowest BCUT2D eigenvalue weighted by atomic mass is 9.90. The molecule has 0 aromatic heterocycles. The van der Waals surface area contributed by atoms with E-state index in [2.05, 4.69) is 0 Å². The Morgan fingerprint density at radius 3 is 2.09 bits per heavy atom. The van der Waals surface area contributed by atoms with Crippen LogP contribution >= 0.6 is 126 Å². The van der Waals surface area contributed by atoms with Crippen LogP contribution in [0.15, 0.2) is 21.3 Å². The SMILES string of the molecule is O=C(O)c1c(Cl)c(Cl)c(Cl)c(Cl)c1-c1c2cc(Cl)c(=O)c(I)c-2oc2c(I)c(O)c(I)cc12. The number of rotatable bonds is 2. The van der Waals surface area contributed by atoms with Crippen molar-refractivity contribution in [1.82, 2.24) is 0 Å². The van der Waals surface area contributed by atoms with E-state index in [9.17, 15) is 19.8 Å². The van der Waals surface area contributed by atoms with E-state index in [0.29, 0.717) is 18.1 Å². The zero-order valence-electron chi connectivity index (χ0n) is 15.3. The van der Waals surface area contributed by atoms with Crippen LogP contribution in [0.4, 0.5) is 0 Å². The molecule has 2 N–H and O–H groups in total. The molecule has 0 fully saturated rings. The lowest BCUT2D eigenvalue weighted by molar-refractivity contribution is 0.0698. The summed E-state index contributed by atoms with van der Waals surface area (Å²) in [7, 11) is 0. The topological polar surface area (TPSA) is 87.7 Å². The minimum Gasteiger partial charge on any atom is -0.506 e. The maximum atomic E-state index is 12.5. The monoisotopic (exact) mass is 880 g/mol. The average Bonchev–Trinajstić information content (AvgIpc) is 2.76. The van der Waals surface area contributed by atoms with E-state index in [-0.39, 0.29) is 62.5 Å². The molecule has 0 spiro atoms. The molecule has 0 amide bonds. The predicted octanol–water partition coefficient (Wildman–Crippen LogP) is 9.05. The second kappa shape index (κ2) is 9.49. The fourth-order valence-electron chi connectivity index (χ4n) is 3.33. The van der Waals surface area contributed by atoms with E-state index in [0.717, 1.165) is 0 Å². The first-order valence-electron chi connectivity index (χ1n) is 8.43. The fraction of sp³-hybridized carbons (Fsp3) is 0. The molecule has 1 heterocycles. The highest BCUT2D eigenvalue weighted by Crippen LogP contribution is 2.52. The molecule has 2 aromatic carbocycles. The Bertz CT molecular complexity index is 1570. The summed E-state index contributed by atoms with van der Waals surface area (Å²) in [5, 5.41) is 20.0. The van der Waals surface area contributed by atoms with Gasteiger partial charge in [-0.1, -0.05) is 58.0 Å². The summed E-state index contributed by atoms with van der Waals surface area (Å²) >= 11 is 37.1. The number of carbonyl (C=O) groups is 1. The van der Waals surface area contributed by atoms with Crippen LogP contribution in [-0.4, -0.2) is 16.2 Å². The highest BCUT2D eigenvalue weighted by atomic mass is 127. The van der Waals surface area contributed by atoms with Crippen LogP contribution < -0.4 is 5.43 Å². The quantitative estimate of drug-likeness (QED) is 0.0909. The van der Waals surface area contributed by atoms with Gasteiger partial charge in [-0.05, 0) is 79.9 Å². The molecule has 0 atom stereocenters. The number of hydrogen-bond acceptors (Lipinski definition) is 4. The Hall–Kier alpha value is 0.0400. The number of phenolic OH excluding ortho intramolecular Hbond substituents is 1. The summed E-state index contributed by atoms with van der Waals surface area (Å²) in [5.74, 6) is -1.32. The largest absolute Gasteiger partial charge is 0.506 e. The zero-order chi connectivity index (χ0) is 24.5. The van der Waals surface area contributed by atoms with Crippen molar-refractivity contribution >= 4 is 143 Å². The number of fused-ring (bicyclic) bond motifs is 2. The first kappa shape index (κ1) is 26.1. The highest BCUT2D eigenvalue weighted by Gasteiger charge is 2.32. The van der Waals surface area contributed by atoms with Gasteiger partial charge in [-0.15, -0.1) is 0 Å². The molecule has 0 unspecified atom stereocenters. The van der Waals surface area contributed by atoms with Crippen LogP contribution in [0.25, 0.3) is 33.4 Å². The van der Waals surface area contributed by atoms with Gasteiger partial charge in [0.1, 0.15) is 9.32 Å². The molecule has 0 saturated carbocycles. The van der Waals surface area contributed by atoms with Gasteiger partial charge in [0.25, 0.3) is 0 Å². The molecule has 1 aliphatic heterocycles. The Morgan fingerprint density at radius 2 is 1.48 bits per heavy atom. The Balaban J connectivity index is 2.43. The van der Waals surface area contributed by atoms with Crippen molar-refractivity contribution in [2.75, 3.05) is 0 Å². The molecular formula is C20H4Cl5I3O5. The Kier molecular flexibility index (Phi) is 7.51. The fourth-order valence-corrected chi connectivity index (χ4v) is 7.20. The number of benzene rings is 3. The van der Waals surface area contributed by atoms with Gasteiger partial charge in [0.15, 0.2) is 11.3 Å². The molecule has 2 aliphatic rings. The van der Waals surface area contributed by atoms with E-state index >= 15 is 0 Å². The molecular weight excluding hydrogens is 878 g/mol. The summed E-state index contributed by atoms with van der Waals surface area (Å²) in [6.45, 7) is 0. The average molecular weight is 882 g/mol. The van der Waals surface area contributed by atoms with Gasteiger partial charge in [0.2, 0.25) is 5.43 Å². The van der Waals surface area contributed by atoms with Gasteiger partial charge in [-0.25, -0.2) is 4.79 Å². The summed E-state index contributed by atoms with van der Waals surface area (Å²) in [6, 6.07) is 2.96. The molecule has 13 heteroatoms. The predicted molar refractivity (Wildman–Crippen MR) is 156 cm³/mol. The van der Waals surface area contributed by atoms with E-state index in [1.807, 2.05) is 45.2 Å². The number of halogens is 8. The first-order chi connectivity index (χ1) is 15.4. The van der Waals surface area contributed by atoms with Crippen molar-refractivity contribution in [3.8, 4) is 28.2 Å². The third kappa shape index (κ3) is 4.09. The van der Waals surface area contributed by atoms with Crippen LogP contribution in [0.1, 0.15) is 10.4 Å². The van der Waals surface area contributed by atoms with Crippen molar-refractivity contribution in [2.45, 2.75) is 0 Å². The normalized spacial score (nSPS) is 11.5. The number of carboxylic acid groups (broad SMARTS) is 1. The molecule has 0 bridgehead atoms. The lowest BCUT2D eigenvalue weighted by Gasteiger charge is -2.21. The molecule has 170 valence electrons. The first-order valence-corrected chi connectivity index (χ1v) is 13.6. The van der Waals surface area contributed by atoms with Crippen LogP contribution in [-0.2, 0) is 0 Å². The van der Waals surface area contributed by atoms with Crippen LogP contribution in [0, 0.1) is 10.7 Å². The number of carboxylic acids is 1. The second-order valence-electron chi connectivity index (χ2n) is 6.56. The van der Waals surface area contributed by atoms with E-state index in [4.69, 9.17) is 62.4 Å². The molecule has 5 nitrogen and oxygen atoms in total. The summed E-state index contributed by atoms with van der Waals surface area (Å²) in [5.41, 5.74) is -0.139. The zero-order valence-corrected chi connectivity index (χ0v) is 25.5. The van der Waals surface area contributed by atoms with E-state index in [1.54, 1.807) is 28.7 Å². The maximum absolute atomic E-state index is 12.5.